The summed E-state index contributed by atoms with van der Waals surface area (Å²) in [5.41, 5.74) is 2.34. The molecule has 0 aliphatic rings. The Morgan fingerprint density at radius 2 is 2.14 bits per heavy atom. The van der Waals surface area contributed by atoms with Crippen LogP contribution in [-0.2, 0) is 6.54 Å². The molecule has 2 rings (SSSR count). The van der Waals surface area contributed by atoms with Crippen molar-refractivity contribution in [2.75, 3.05) is 11.9 Å². The first kappa shape index (κ1) is 14.6. The molecule has 1 aromatic heterocycles. The van der Waals surface area contributed by atoms with Crippen LogP contribution in [0.3, 0.4) is 0 Å². The van der Waals surface area contributed by atoms with E-state index in [-0.39, 0.29) is 0 Å². The van der Waals surface area contributed by atoms with Gasteiger partial charge in [0.05, 0.1) is 0 Å². The fourth-order valence-corrected chi connectivity index (χ4v) is 1.87. The minimum atomic E-state index is 0.441. The number of aryl methyl sites for hydroxylation is 1. The molecule has 0 aliphatic heterocycles. The normalized spacial score (nSPS) is 9.71. The molecule has 0 saturated carbocycles. The maximum Gasteiger partial charge on any atom is 0.145 e. The highest BCUT2D eigenvalue weighted by atomic mass is 16.5. The van der Waals surface area contributed by atoms with Crippen molar-refractivity contribution in [3.8, 4) is 11.8 Å². The van der Waals surface area contributed by atoms with Crippen LogP contribution in [0.5, 0.6) is 5.75 Å². The van der Waals surface area contributed by atoms with Gasteiger partial charge in [0, 0.05) is 12.1 Å². The van der Waals surface area contributed by atoms with Crippen molar-refractivity contribution in [1.29, 1.82) is 5.26 Å². The zero-order valence-corrected chi connectivity index (χ0v) is 12.0. The molecule has 0 fully saturated rings. The number of ether oxygens (including phenoxy) is 1. The number of hydrogen-bond acceptors (Lipinski definition) is 4. The quantitative estimate of drug-likeness (QED) is 0.823. The van der Waals surface area contributed by atoms with Gasteiger partial charge >= 0.3 is 0 Å². The van der Waals surface area contributed by atoms with Crippen molar-refractivity contribution in [2.24, 2.45) is 0 Å². The van der Waals surface area contributed by atoms with Crippen LogP contribution >= 0.6 is 0 Å². The summed E-state index contributed by atoms with van der Waals surface area (Å²) in [4.78, 5) is 4.27. The lowest BCUT2D eigenvalue weighted by Gasteiger charge is -2.11. The number of hydrogen-bond donors (Lipinski definition) is 1. The van der Waals surface area contributed by atoms with E-state index in [0.29, 0.717) is 24.7 Å². The van der Waals surface area contributed by atoms with Crippen LogP contribution in [0.2, 0.25) is 0 Å². The molecule has 1 aromatic carbocycles. The Bertz CT molecular complexity index is 674. The van der Waals surface area contributed by atoms with E-state index in [2.05, 4.69) is 22.9 Å². The highest BCUT2D eigenvalue weighted by molar-refractivity contribution is 5.44. The molecule has 2 aromatic rings. The number of pyridine rings is 1. The highest BCUT2D eigenvalue weighted by Gasteiger charge is 2.04. The van der Waals surface area contributed by atoms with E-state index in [9.17, 15) is 0 Å². The van der Waals surface area contributed by atoms with Crippen molar-refractivity contribution >= 4 is 5.82 Å². The van der Waals surface area contributed by atoms with Crippen molar-refractivity contribution in [1.82, 2.24) is 4.98 Å². The van der Waals surface area contributed by atoms with E-state index in [4.69, 9.17) is 10.00 Å². The lowest BCUT2D eigenvalue weighted by Crippen LogP contribution is -2.05. The van der Waals surface area contributed by atoms with E-state index >= 15 is 0 Å². The monoisotopic (exact) mass is 279 g/mol. The summed E-state index contributed by atoms with van der Waals surface area (Å²) in [6.07, 6.45) is 1.71. The summed E-state index contributed by atoms with van der Waals surface area (Å²) in [6.45, 7) is 6.56. The summed E-state index contributed by atoms with van der Waals surface area (Å²) in [7, 11) is 0. The predicted molar refractivity (Wildman–Crippen MR) is 83.1 cm³/mol. The van der Waals surface area contributed by atoms with Gasteiger partial charge < -0.3 is 10.1 Å². The first-order valence-electron chi connectivity index (χ1n) is 6.68. The molecule has 106 valence electrons. The van der Waals surface area contributed by atoms with Gasteiger partial charge in [0.1, 0.15) is 29.9 Å². The molecule has 0 atom stereocenters. The molecule has 0 amide bonds. The molecule has 0 spiro atoms. The molecule has 0 saturated heterocycles. The first-order valence-corrected chi connectivity index (χ1v) is 6.68. The van der Waals surface area contributed by atoms with Gasteiger partial charge in [-0.05, 0) is 24.6 Å². The van der Waals surface area contributed by atoms with Crippen molar-refractivity contribution in [3.05, 3.63) is 65.9 Å². The van der Waals surface area contributed by atoms with E-state index in [1.165, 1.54) is 0 Å². The number of benzene rings is 1. The third-order valence-electron chi connectivity index (χ3n) is 2.99. The zero-order chi connectivity index (χ0) is 15.1. The molecular weight excluding hydrogens is 262 g/mol. The Kier molecular flexibility index (Phi) is 4.94. The van der Waals surface area contributed by atoms with Gasteiger partial charge in [-0.15, -0.1) is 0 Å². The third kappa shape index (κ3) is 3.83. The Labute approximate surface area is 124 Å². The smallest absolute Gasteiger partial charge is 0.145 e. The minimum Gasteiger partial charge on any atom is -0.489 e. The SMILES string of the molecule is C=CCOc1ccccc1CNc1ccc(C)c(C#N)n1. The molecule has 1 N–H and O–H groups in total. The van der Waals surface area contributed by atoms with Crippen LogP contribution in [0.15, 0.2) is 49.1 Å². The lowest BCUT2D eigenvalue weighted by molar-refractivity contribution is 0.359. The van der Waals surface area contributed by atoms with Crippen LogP contribution in [0.25, 0.3) is 0 Å². The summed E-state index contributed by atoms with van der Waals surface area (Å²) >= 11 is 0. The molecule has 0 aliphatic carbocycles. The largest absolute Gasteiger partial charge is 0.489 e. The Morgan fingerprint density at radius 3 is 2.90 bits per heavy atom. The number of anilines is 1. The topological polar surface area (TPSA) is 57.9 Å². The van der Waals surface area contributed by atoms with Gasteiger partial charge in [0.15, 0.2) is 0 Å². The van der Waals surface area contributed by atoms with Crippen LogP contribution in [0.4, 0.5) is 5.82 Å². The second-order valence-electron chi connectivity index (χ2n) is 4.53. The molecule has 1 heterocycles. The first-order chi connectivity index (χ1) is 10.2. The number of nitrogens with one attached hydrogen (secondary N) is 1. The lowest BCUT2D eigenvalue weighted by atomic mass is 10.2. The van der Waals surface area contributed by atoms with Crippen molar-refractivity contribution < 1.29 is 4.74 Å². The summed E-state index contributed by atoms with van der Waals surface area (Å²) in [5.74, 6) is 1.49. The second kappa shape index (κ2) is 7.11. The fourth-order valence-electron chi connectivity index (χ4n) is 1.87. The van der Waals surface area contributed by atoms with E-state index in [0.717, 1.165) is 16.9 Å². The van der Waals surface area contributed by atoms with Gasteiger partial charge in [-0.25, -0.2) is 4.98 Å². The number of nitrogens with zero attached hydrogens (tertiary/aromatic N) is 2. The van der Waals surface area contributed by atoms with E-state index in [1.807, 2.05) is 43.3 Å². The highest BCUT2D eigenvalue weighted by Crippen LogP contribution is 2.19. The van der Waals surface area contributed by atoms with Gasteiger partial charge in [-0.1, -0.05) is 36.9 Å². The van der Waals surface area contributed by atoms with Crippen molar-refractivity contribution in [2.45, 2.75) is 13.5 Å². The fraction of sp³-hybridized carbons (Fsp3) is 0.176. The van der Waals surface area contributed by atoms with Crippen molar-refractivity contribution in [3.63, 3.8) is 0 Å². The standard InChI is InChI=1S/C17H17N3O/c1-3-10-21-16-7-5-4-6-14(16)12-19-17-9-8-13(2)15(11-18)20-17/h3-9H,1,10,12H2,2H3,(H,19,20). The van der Waals surface area contributed by atoms with Crippen LogP contribution in [0.1, 0.15) is 16.8 Å². The number of rotatable bonds is 6. The van der Waals surface area contributed by atoms with E-state index < -0.39 is 0 Å². The molecule has 0 unspecified atom stereocenters. The van der Waals surface area contributed by atoms with Crippen LogP contribution in [-0.4, -0.2) is 11.6 Å². The number of para-hydroxylation sites is 1. The molecule has 4 heteroatoms. The number of nitriles is 1. The Balaban J connectivity index is 2.09. The molecule has 21 heavy (non-hydrogen) atoms. The predicted octanol–water partition coefficient (Wildman–Crippen LogP) is 3.44. The van der Waals surface area contributed by atoms with Gasteiger partial charge in [-0.2, -0.15) is 5.26 Å². The Hall–Kier alpha value is -2.80. The van der Waals surface area contributed by atoms with Gasteiger partial charge in [-0.3, -0.25) is 0 Å². The average Bonchev–Trinajstić information content (AvgIpc) is 2.53. The minimum absolute atomic E-state index is 0.441. The molecular formula is C17H17N3O. The molecule has 0 bridgehead atoms. The third-order valence-corrected chi connectivity index (χ3v) is 2.99. The Morgan fingerprint density at radius 1 is 1.33 bits per heavy atom. The summed E-state index contributed by atoms with van der Waals surface area (Å²) in [6, 6.07) is 13.6. The van der Waals surface area contributed by atoms with Crippen LogP contribution < -0.4 is 10.1 Å². The van der Waals surface area contributed by atoms with Gasteiger partial charge in [0.2, 0.25) is 0 Å². The molecule has 4 nitrogen and oxygen atoms in total. The maximum atomic E-state index is 9.00. The maximum absolute atomic E-state index is 9.00. The summed E-state index contributed by atoms with van der Waals surface area (Å²) < 4.78 is 5.61. The zero-order valence-electron chi connectivity index (χ0n) is 12.0. The summed E-state index contributed by atoms with van der Waals surface area (Å²) in [5, 5.41) is 12.2. The van der Waals surface area contributed by atoms with E-state index in [1.54, 1.807) is 6.08 Å². The number of aromatic nitrogens is 1. The molecule has 0 radical (unpaired) electrons. The van der Waals surface area contributed by atoms with Crippen LogP contribution in [0, 0.1) is 18.3 Å². The van der Waals surface area contributed by atoms with Gasteiger partial charge in [0.25, 0.3) is 0 Å². The average molecular weight is 279 g/mol. The second-order valence-corrected chi connectivity index (χ2v) is 4.53.